The van der Waals surface area contributed by atoms with Crippen LogP contribution in [0.25, 0.3) is 6.08 Å². The average molecular weight is 531 g/mol. The minimum absolute atomic E-state index is 0.236. The van der Waals surface area contributed by atoms with Crippen molar-refractivity contribution >= 4 is 46.9 Å². The molecule has 2 N–H and O–H groups in total. The summed E-state index contributed by atoms with van der Waals surface area (Å²) in [5, 5.41) is 5.19. The minimum Gasteiger partial charge on any atom is -0.497 e. The number of carbonyl (C=O) groups is 3. The van der Waals surface area contributed by atoms with E-state index in [2.05, 4.69) is 10.6 Å². The molecule has 2 amide bonds. The summed E-state index contributed by atoms with van der Waals surface area (Å²) in [5.74, 6) is -4.30. The maximum atomic E-state index is 13.0. The van der Waals surface area contributed by atoms with Crippen LogP contribution in [-0.4, -0.2) is 36.9 Å². The molecule has 0 spiro atoms. The lowest BCUT2D eigenvalue weighted by Crippen LogP contribution is -2.52. The minimum atomic E-state index is -5.14. The van der Waals surface area contributed by atoms with Gasteiger partial charge in [0.25, 0.3) is 5.78 Å². The number of nitrogens with one attached hydrogen (secondary N) is 2. The number of halogens is 5. The Labute approximate surface area is 210 Å². The van der Waals surface area contributed by atoms with Gasteiger partial charge in [-0.25, -0.2) is 0 Å². The maximum Gasteiger partial charge on any atom is 0.452 e. The quantitative estimate of drug-likeness (QED) is 0.439. The summed E-state index contributed by atoms with van der Waals surface area (Å²) in [6.45, 7) is 2.74. The predicted molar refractivity (Wildman–Crippen MR) is 127 cm³/mol. The third-order valence-corrected chi connectivity index (χ3v) is 5.61. The zero-order chi connectivity index (χ0) is 26.3. The second-order valence-electron chi connectivity index (χ2n) is 7.82. The molecule has 188 valence electrons. The van der Waals surface area contributed by atoms with E-state index in [1.165, 1.54) is 51.3 Å². The van der Waals surface area contributed by atoms with Crippen molar-refractivity contribution in [1.82, 2.24) is 10.6 Å². The Balaban J connectivity index is 2.33. The van der Waals surface area contributed by atoms with Crippen molar-refractivity contribution in [2.24, 2.45) is 5.92 Å². The van der Waals surface area contributed by atoms with Gasteiger partial charge >= 0.3 is 6.18 Å². The molecule has 2 rings (SSSR count). The first kappa shape index (κ1) is 28.2. The van der Waals surface area contributed by atoms with Gasteiger partial charge in [-0.3, -0.25) is 14.4 Å². The van der Waals surface area contributed by atoms with Crippen molar-refractivity contribution in [1.29, 1.82) is 0 Å². The van der Waals surface area contributed by atoms with Gasteiger partial charge in [-0.15, -0.1) is 0 Å². The molecular formula is C24H23Cl2F3N2O4. The molecule has 0 radical (unpaired) electrons. The number of ether oxygens (including phenoxy) is 1. The van der Waals surface area contributed by atoms with Crippen molar-refractivity contribution in [3.63, 3.8) is 0 Å². The molecule has 0 aliphatic rings. The number of rotatable bonds is 9. The summed E-state index contributed by atoms with van der Waals surface area (Å²) in [4.78, 5) is 37.5. The molecule has 0 bridgehead atoms. The summed E-state index contributed by atoms with van der Waals surface area (Å²) >= 11 is 11.8. The Morgan fingerprint density at radius 3 is 2.26 bits per heavy atom. The Kier molecular flexibility index (Phi) is 9.73. The molecule has 2 aromatic carbocycles. The van der Waals surface area contributed by atoms with Crippen LogP contribution in [-0.2, 0) is 14.4 Å². The zero-order valence-corrected chi connectivity index (χ0v) is 20.5. The summed E-state index contributed by atoms with van der Waals surface area (Å²) in [6.07, 6.45) is -2.59. The monoisotopic (exact) mass is 530 g/mol. The number of Topliss-reactive ketones (excluding diaryl/α,β-unsaturated/α-hetero) is 1. The Morgan fingerprint density at radius 2 is 1.69 bits per heavy atom. The zero-order valence-electron chi connectivity index (χ0n) is 19.0. The van der Waals surface area contributed by atoms with E-state index < -0.39 is 41.8 Å². The molecule has 1 unspecified atom stereocenters. The molecule has 0 saturated heterocycles. The first-order chi connectivity index (χ1) is 16.3. The fourth-order valence-corrected chi connectivity index (χ4v) is 3.35. The predicted octanol–water partition coefficient (Wildman–Crippen LogP) is 5.14. The first-order valence-corrected chi connectivity index (χ1v) is 11.1. The van der Waals surface area contributed by atoms with Crippen LogP contribution in [0.2, 0.25) is 10.0 Å². The van der Waals surface area contributed by atoms with E-state index in [0.717, 1.165) is 6.08 Å². The lowest BCUT2D eigenvalue weighted by Gasteiger charge is -2.25. The van der Waals surface area contributed by atoms with Gasteiger partial charge in [0.1, 0.15) is 11.8 Å². The highest BCUT2D eigenvalue weighted by molar-refractivity contribution is 6.42. The topological polar surface area (TPSA) is 84.5 Å². The number of hydrogen-bond donors (Lipinski definition) is 2. The SMILES string of the molecule is COc1cccc(C(NC(=O)/C=C/c2ccc(Cl)c(Cl)c2)C(=O)N[C@H](C(=O)C(F)(F)F)C(C)C)c1. The molecule has 35 heavy (non-hydrogen) atoms. The van der Waals surface area contributed by atoms with E-state index >= 15 is 0 Å². The number of hydrogen-bond acceptors (Lipinski definition) is 4. The van der Waals surface area contributed by atoms with Gasteiger partial charge in [0.05, 0.1) is 23.2 Å². The lowest BCUT2D eigenvalue weighted by atomic mass is 9.98. The molecule has 2 aromatic rings. The van der Waals surface area contributed by atoms with E-state index in [9.17, 15) is 27.6 Å². The number of amides is 2. The Morgan fingerprint density at radius 1 is 1.00 bits per heavy atom. The van der Waals surface area contributed by atoms with Crippen LogP contribution >= 0.6 is 23.2 Å². The molecule has 6 nitrogen and oxygen atoms in total. The van der Waals surface area contributed by atoms with Gasteiger partial charge in [0.2, 0.25) is 11.8 Å². The highest BCUT2D eigenvalue weighted by Crippen LogP contribution is 2.25. The second-order valence-corrected chi connectivity index (χ2v) is 8.63. The average Bonchev–Trinajstić information content (AvgIpc) is 2.80. The summed E-state index contributed by atoms with van der Waals surface area (Å²) < 4.78 is 44.3. The van der Waals surface area contributed by atoms with Crippen molar-refractivity contribution in [2.45, 2.75) is 32.1 Å². The maximum absolute atomic E-state index is 13.0. The molecule has 0 fully saturated rings. The highest BCUT2D eigenvalue weighted by Gasteiger charge is 2.45. The molecular weight excluding hydrogens is 508 g/mol. The van der Waals surface area contributed by atoms with Crippen LogP contribution in [0.4, 0.5) is 13.2 Å². The van der Waals surface area contributed by atoms with E-state index in [4.69, 9.17) is 27.9 Å². The van der Waals surface area contributed by atoms with Gasteiger partial charge in [-0.2, -0.15) is 13.2 Å². The molecule has 2 atom stereocenters. The van der Waals surface area contributed by atoms with Gasteiger partial charge in [0.15, 0.2) is 0 Å². The Bertz CT molecular complexity index is 1120. The number of benzene rings is 2. The lowest BCUT2D eigenvalue weighted by molar-refractivity contribution is -0.175. The second kappa shape index (κ2) is 12.1. The largest absolute Gasteiger partial charge is 0.497 e. The molecule has 0 aromatic heterocycles. The number of methoxy groups -OCH3 is 1. The molecule has 0 saturated carbocycles. The van der Waals surface area contributed by atoms with Crippen LogP contribution in [0.1, 0.15) is 31.0 Å². The highest BCUT2D eigenvalue weighted by atomic mass is 35.5. The van der Waals surface area contributed by atoms with Crippen molar-refractivity contribution in [2.75, 3.05) is 7.11 Å². The molecule has 11 heteroatoms. The van der Waals surface area contributed by atoms with E-state index in [1.807, 2.05) is 0 Å². The normalized spacial score (nSPS) is 13.4. The standard InChI is InChI=1S/C24H23Cl2F3N2O4/c1-13(2)20(22(33)24(27,28)29)31-23(34)21(15-5-4-6-16(12-15)35-3)30-19(32)10-8-14-7-9-17(25)18(26)11-14/h4-13,20-21H,1-3H3,(H,30,32)(H,31,34)/b10-8+/t20-,21?/m0/s1. The van der Waals surface area contributed by atoms with Crippen LogP contribution in [0.5, 0.6) is 5.75 Å². The summed E-state index contributed by atoms with van der Waals surface area (Å²) in [6, 6.07) is 7.50. The fraction of sp³-hybridized carbons (Fsp3) is 0.292. The third-order valence-electron chi connectivity index (χ3n) is 4.87. The van der Waals surface area contributed by atoms with E-state index in [-0.39, 0.29) is 10.6 Å². The van der Waals surface area contributed by atoms with Gasteiger partial charge in [-0.05, 0) is 47.4 Å². The summed E-state index contributed by atoms with van der Waals surface area (Å²) in [7, 11) is 1.39. The number of ketones is 1. The van der Waals surface area contributed by atoms with Gasteiger partial charge < -0.3 is 15.4 Å². The van der Waals surface area contributed by atoms with Gasteiger partial charge in [0, 0.05) is 6.08 Å². The van der Waals surface area contributed by atoms with Crippen LogP contribution in [0.3, 0.4) is 0 Å². The van der Waals surface area contributed by atoms with Crippen LogP contribution < -0.4 is 15.4 Å². The van der Waals surface area contributed by atoms with E-state index in [0.29, 0.717) is 16.3 Å². The molecule has 0 aliphatic heterocycles. The molecule has 0 heterocycles. The smallest absolute Gasteiger partial charge is 0.452 e. The van der Waals surface area contributed by atoms with Crippen molar-refractivity contribution in [3.05, 3.63) is 69.7 Å². The third kappa shape index (κ3) is 8.00. The number of carbonyl (C=O) groups excluding carboxylic acids is 3. The fourth-order valence-electron chi connectivity index (χ4n) is 3.05. The summed E-state index contributed by atoms with van der Waals surface area (Å²) in [5.41, 5.74) is 0.785. The van der Waals surface area contributed by atoms with Crippen molar-refractivity contribution in [3.8, 4) is 5.75 Å². The van der Waals surface area contributed by atoms with Crippen LogP contribution in [0.15, 0.2) is 48.5 Å². The van der Waals surface area contributed by atoms with E-state index in [1.54, 1.807) is 18.2 Å². The number of alkyl halides is 3. The Hall–Kier alpha value is -3.04. The molecule has 0 aliphatic carbocycles. The van der Waals surface area contributed by atoms with Crippen molar-refractivity contribution < 1.29 is 32.3 Å². The van der Waals surface area contributed by atoms with Gasteiger partial charge in [-0.1, -0.05) is 55.2 Å². The first-order valence-electron chi connectivity index (χ1n) is 10.3. The van der Waals surface area contributed by atoms with Crippen LogP contribution in [0, 0.1) is 5.92 Å².